The Kier molecular flexibility index (Phi) is 4.55. The summed E-state index contributed by atoms with van der Waals surface area (Å²) in [4.78, 5) is 23.8. The van der Waals surface area contributed by atoms with E-state index in [4.69, 9.17) is 9.84 Å². The van der Waals surface area contributed by atoms with E-state index in [9.17, 15) is 22.8 Å². The maximum atomic E-state index is 12.4. The zero-order valence-electron chi connectivity index (χ0n) is 11.5. The molecule has 1 saturated heterocycles. The predicted octanol–water partition coefficient (Wildman–Crippen LogP) is 2.51. The Hall–Kier alpha value is -1.47. The number of rotatable bonds is 2. The first-order valence-electron chi connectivity index (χ1n) is 6.16. The molecule has 0 radical (unpaired) electrons. The van der Waals surface area contributed by atoms with Gasteiger partial charge in [-0.25, -0.2) is 4.79 Å². The number of likely N-dealkylation sites (tertiary alicyclic amines) is 1. The summed E-state index contributed by atoms with van der Waals surface area (Å²) in [6.07, 6.45) is -6.46. The highest BCUT2D eigenvalue weighted by molar-refractivity contribution is 5.74. The number of carboxylic acid groups (broad SMARTS) is 1. The second-order valence-corrected chi connectivity index (χ2v) is 5.91. The van der Waals surface area contributed by atoms with Gasteiger partial charge in [0.15, 0.2) is 0 Å². The van der Waals surface area contributed by atoms with E-state index < -0.39 is 42.1 Å². The highest BCUT2D eigenvalue weighted by Gasteiger charge is 2.45. The van der Waals surface area contributed by atoms with Crippen LogP contribution in [0.15, 0.2) is 0 Å². The molecule has 2 atom stereocenters. The second kappa shape index (κ2) is 5.49. The van der Waals surface area contributed by atoms with Gasteiger partial charge in [0.1, 0.15) is 5.60 Å². The number of alkyl halides is 3. The van der Waals surface area contributed by atoms with E-state index in [0.717, 1.165) is 4.90 Å². The summed E-state index contributed by atoms with van der Waals surface area (Å²) in [5, 5.41) is 8.97. The minimum atomic E-state index is -4.46. The van der Waals surface area contributed by atoms with Gasteiger partial charge in [-0.3, -0.25) is 4.79 Å². The molecule has 0 spiro atoms. The third-order valence-electron chi connectivity index (χ3n) is 2.90. The molecule has 0 aromatic carbocycles. The van der Waals surface area contributed by atoms with Crippen molar-refractivity contribution in [2.24, 2.45) is 11.8 Å². The molecule has 0 aliphatic carbocycles. The van der Waals surface area contributed by atoms with Gasteiger partial charge >= 0.3 is 18.2 Å². The van der Waals surface area contributed by atoms with E-state index in [2.05, 4.69) is 0 Å². The Balaban J connectivity index is 2.75. The molecule has 116 valence electrons. The molecule has 0 aromatic rings. The van der Waals surface area contributed by atoms with Crippen molar-refractivity contribution in [2.75, 3.05) is 13.1 Å². The molecule has 1 aliphatic heterocycles. The average molecular weight is 297 g/mol. The Morgan fingerprint density at radius 3 is 2.20 bits per heavy atom. The quantitative estimate of drug-likeness (QED) is 0.850. The van der Waals surface area contributed by atoms with Crippen LogP contribution in [0.3, 0.4) is 0 Å². The van der Waals surface area contributed by atoms with Crippen molar-refractivity contribution in [1.82, 2.24) is 4.90 Å². The molecule has 0 aromatic heterocycles. The van der Waals surface area contributed by atoms with Crippen molar-refractivity contribution < 1.29 is 32.6 Å². The van der Waals surface area contributed by atoms with Crippen molar-refractivity contribution in [2.45, 2.75) is 39.0 Å². The molecule has 0 bridgehead atoms. The van der Waals surface area contributed by atoms with Crippen LogP contribution in [0.4, 0.5) is 18.0 Å². The van der Waals surface area contributed by atoms with Crippen LogP contribution < -0.4 is 0 Å². The minimum Gasteiger partial charge on any atom is -0.481 e. The fourth-order valence-electron chi connectivity index (χ4n) is 2.13. The van der Waals surface area contributed by atoms with Crippen molar-refractivity contribution in [3.05, 3.63) is 0 Å². The van der Waals surface area contributed by atoms with E-state index in [-0.39, 0.29) is 13.1 Å². The van der Waals surface area contributed by atoms with Gasteiger partial charge in [0.05, 0.1) is 5.92 Å². The summed E-state index contributed by atoms with van der Waals surface area (Å²) in [7, 11) is 0. The Morgan fingerprint density at radius 2 is 1.80 bits per heavy atom. The lowest BCUT2D eigenvalue weighted by atomic mass is 9.93. The van der Waals surface area contributed by atoms with Gasteiger partial charge in [-0.2, -0.15) is 13.2 Å². The molecule has 0 saturated carbocycles. The summed E-state index contributed by atoms with van der Waals surface area (Å²) in [6, 6.07) is 0. The Labute approximate surface area is 114 Å². The lowest BCUT2D eigenvalue weighted by Gasteiger charge is -2.24. The van der Waals surface area contributed by atoms with Gasteiger partial charge in [-0.05, 0) is 20.8 Å². The number of carboxylic acids is 1. The number of aliphatic carboxylic acids is 1. The summed E-state index contributed by atoms with van der Waals surface area (Å²) < 4.78 is 42.3. The number of halogens is 3. The lowest BCUT2D eigenvalue weighted by molar-refractivity contribution is -0.154. The first-order valence-corrected chi connectivity index (χ1v) is 6.16. The average Bonchev–Trinajstić information content (AvgIpc) is 2.56. The largest absolute Gasteiger partial charge is 0.481 e. The number of hydrogen-bond acceptors (Lipinski definition) is 3. The van der Waals surface area contributed by atoms with E-state index in [1.807, 2.05) is 0 Å². The number of carbonyl (C=O) groups is 2. The molecule has 1 N–H and O–H groups in total. The third-order valence-corrected chi connectivity index (χ3v) is 2.90. The summed E-state index contributed by atoms with van der Waals surface area (Å²) >= 11 is 0. The molecule has 1 rings (SSSR count). The van der Waals surface area contributed by atoms with Gasteiger partial charge in [-0.15, -0.1) is 0 Å². The molecular weight excluding hydrogens is 279 g/mol. The molecule has 1 amide bonds. The fraction of sp³-hybridized carbons (Fsp3) is 0.833. The maximum Gasteiger partial charge on any atom is 0.410 e. The molecule has 1 heterocycles. The van der Waals surface area contributed by atoms with Crippen molar-refractivity contribution in [3.8, 4) is 0 Å². The highest BCUT2D eigenvalue weighted by Crippen LogP contribution is 2.34. The van der Waals surface area contributed by atoms with Gasteiger partial charge in [0, 0.05) is 25.4 Å². The van der Waals surface area contributed by atoms with Crippen LogP contribution in [0.25, 0.3) is 0 Å². The van der Waals surface area contributed by atoms with Crippen molar-refractivity contribution >= 4 is 12.1 Å². The van der Waals surface area contributed by atoms with Gasteiger partial charge in [-0.1, -0.05) is 0 Å². The Bertz CT molecular complexity index is 389. The van der Waals surface area contributed by atoms with E-state index >= 15 is 0 Å². The SMILES string of the molecule is CC(C)(C)OC(=O)N1C[C@H](CC(F)(F)F)[C@@H](C(=O)O)C1. The topological polar surface area (TPSA) is 66.8 Å². The predicted molar refractivity (Wildman–Crippen MR) is 63.1 cm³/mol. The van der Waals surface area contributed by atoms with E-state index in [1.165, 1.54) is 0 Å². The summed E-state index contributed by atoms with van der Waals surface area (Å²) in [5.74, 6) is -3.69. The number of amides is 1. The molecule has 20 heavy (non-hydrogen) atoms. The van der Waals surface area contributed by atoms with Crippen LogP contribution in [0.2, 0.25) is 0 Å². The minimum absolute atomic E-state index is 0.259. The number of carbonyl (C=O) groups excluding carboxylic acids is 1. The van der Waals surface area contributed by atoms with Crippen LogP contribution in [0, 0.1) is 11.8 Å². The molecule has 8 heteroatoms. The van der Waals surface area contributed by atoms with Crippen LogP contribution in [0.5, 0.6) is 0 Å². The molecule has 0 unspecified atom stereocenters. The summed E-state index contributed by atoms with van der Waals surface area (Å²) in [5.41, 5.74) is -0.780. The molecule has 1 fully saturated rings. The zero-order valence-corrected chi connectivity index (χ0v) is 11.5. The van der Waals surface area contributed by atoms with Gasteiger partial charge < -0.3 is 14.7 Å². The smallest absolute Gasteiger partial charge is 0.410 e. The second-order valence-electron chi connectivity index (χ2n) is 5.91. The monoisotopic (exact) mass is 297 g/mol. The molecular formula is C12H18F3NO4. The number of nitrogens with zero attached hydrogens (tertiary/aromatic N) is 1. The fourth-order valence-corrected chi connectivity index (χ4v) is 2.13. The lowest BCUT2D eigenvalue weighted by Crippen LogP contribution is -2.36. The van der Waals surface area contributed by atoms with Gasteiger partial charge in [0.25, 0.3) is 0 Å². The van der Waals surface area contributed by atoms with Crippen LogP contribution in [-0.2, 0) is 9.53 Å². The van der Waals surface area contributed by atoms with Crippen molar-refractivity contribution in [3.63, 3.8) is 0 Å². The zero-order chi connectivity index (χ0) is 15.7. The Morgan fingerprint density at radius 1 is 1.25 bits per heavy atom. The first-order chi connectivity index (χ1) is 8.89. The third kappa shape index (κ3) is 4.90. The van der Waals surface area contributed by atoms with Crippen LogP contribution in [-0.4, -0.2) is 46.9 Å². The van der Waals surface area contributed by atoms with Gasteiger partial charge in [0.2, 0.25) is 0 Å². The molecule has 5 nitrogen and oxygen atoms in total. The van der Waals surface area contributed by atoms with Crippen molar-refractivity contribution in [1.29, 1.82) is 0 Å². The van der Waals surface area contributed by atoms with Crippen LogP contribution >= 0.6 is 0 Å². The highest BCUT2D eigenvalue weighted by atomic mass is 19.4. The standard InChI is InChI=1S/C12H18F3NO4/c1-11(2,3)20-10(19)16-5-7(4-12(13,14)15)8(6-16)9(17)18/h7-8H,4-6H2,1-3H3,(H,17,18)/t7-,8-/m0/s1. The van der Waals surface area contributed by atoms with E-state index in [0.29, 0.717) is 0 Å². The maximum absolute atomic E-state index is 12.4. The normalized spacial score (nSPS) is 23.8. The first kappa shape index (κ1) is 16.6. The summed E-state index contributed by atoms with van der Waals surface area (Å²) in [6.45, 7) is 4.37. The van der Waals surface area contributed by atoms with Crippen LogP contribution in [0.1, 0.15) is 27.2 Å². The van der Waals surface area contributed by atoms with E-state index in [1.54, 1.807) is 20.8 Å². The number of hydrogen-bond donors (Lipinski definition) is 1. The number of ether oxygens (including phenoxy) is 1. The molecule has 1 aliphatic rings.